The van der Waals surface area contributed by atoms with Gasteiger partial charge in [0.2, 0.25) is 0 Å². The van der Waals surface area contributed by atoms with Crippen molar-refractivity contribution in [3.05, 3.63) is 10.1 Å². The van der Waals surface area contributed by atoms with Crippen LogP contribution in [0.4, 0.5) is 0 Å². The van der Waals surface area contributed by atoms with E-state index in [1.54, 1.807) is 0 Å². The van der Waals surface area contributed by atoms with E-state index in [0.717, 1.165) is 0 Å². The molecule has 0 bridgehead atoms. The van der Waals surface area contributed by atoms with E-state index in [4.69, 9.17) is 10.1 Å². The Balaban J connectivity index is 0. The molecule has 0 aliphatic carbocycles. The minimum atomic E-state index is -1.11. The van der Waals surface area contributed by atoms with Crippen LogP contribution in [0.1, 0.15) is 0 Å². The van der Waals surface area contributed by atoms with Gasteiger partial charge in [-0.1, -0.05) is 0 Å². The molecule has 0 aromatic rings. The van der Waals surface area contributed by atoms with E-state index >= 15 is 0 Å². The van der Waals surface area contributed by atoms with Gasteiger partial charge in [-0.3, -0.25) is 0 Å². The van der Waals surface area contributed by atoms with Crippen molar-refractivity contribution >= 4 is 11.9 Å². The molecule has 0 amide bonds. The Morgan fingerprint density at radius 1 is 1.83 bits per heavy atom. The Morgan fingerprint density at radius 3 is 2.00 bits per heavy atom. The summed E-state index contributed by atoms with van der Waals surface area (Å²) in [5.41, 5.74) is 0. The fourth-order valence-corrected chi connectivity index (χ4v) is 0. The molecule has 0 aromatic heterocycles. The summed E-state index contributed by atoms with van der Waals surface area (Å²) in [5, 5.41) is 7.71. The van der Waals surface area contributed by atoms with Gasteiger partial charge in [-0.15, -0.1) is 10.1 Å². The first-order valence-electron chi connectivity index (χ1n) is 0.702. The fraction of sp³-hybridized carbons (Fsp3) is 0. The van der Waals surface area contributed by atoms with E-state index in [2.05, 4.69) is 16.3 Å². The number of nitrogens with zero attached hydrogens (tertiary/aromatic N) is 1. The molecule has 6 heavy (non-hydrogen) atoms. The molecule has 0 fully saturated rings. The predicted octanol–water partition coefficient (Wildman–Crippen LogP) is 0.346. The van der Waals surface area contributed by atoms with E-state index in [9.17, 15) is 0 Å². The van der Waals surface area contributed by atoms with E-state index in [1.165, 1.54) is 0 Å². The van der Waals surface area contributed by atoms with E-state index < -0.39 is 5.09 Å². The summed E-state index contributed by atoms with van der Waals surface area (Å²) in [6.07, 6.45) is 0. The van der Waals surface area contributed by atoms with Gasteiger partial charge in [0.1, 0.15) is 11.9 Å². The average Bonchev–Trinajstić information content (AvgIpc) is 1.38. The van der Waals surface area contributed by atoms with Crippen LogP contribution in [-0.2, 0) is 26.8 Å². The fourth-order valence-electron chi connectivity index (χ4n) is 0. The van der Waals surface area contributed by atoms with Gasteiger partial charge >= 0.3 is 5.09 Å². The van der Waals surface area contributed by atoms with Crippen LogP contribution in [-0.4, -0.2) is 5.09 Å². The summed E-state index contributed by atoms with van der Waals surface area (Å²) in [7, 11) is 0. The Morgan fingerprint density at radius 2 is 2.00 bits per heavy atom. The standard InChI is InChI=1S/Au.ClNO3/c;1-5-2(3)4. The zero-order chi connectivity index (χ0) is 4.28. The van der Waals surface area contributed by atoms with Crippen LogP contribution in [0.2, 0.25) is 0 Å². The molecule has 4 nitrogen and oxygen atoms in total. The van der Waals surface area contributed by atoms with Gasteiger partial charge in [0.15, 0.2) is 0 Å². The summed E-state index contributed by atoms with van der Waals surface area (Å²) >= 11 is 4.14. The van der Waals surface area contributed by atoms with Crippen LogP contribution >= 0.6 is 11.9 Å². The van der Waals surface area contributed by atoms with Crippen molar-refractivity contribution in [1.82, 2.24) is 0 Å². The maximum Gasteiger partial charge on any atom is 0.311 e. The van der Waals surface area contributed by atoms with Crippen molar-refractivity contribution in [3.8, 4) is 0 Å². The molecule has 0 saturated carbocycles. The molecule has 0 spiro atoms. The molecule has 0 rings (SSSR count). The van der Waals surface area contributed by atoms with Gasteiger partial charge in [-0.2, -0.15) is 4.39 Å². The molecule has 0 N–H and O–H groups in total. The Labute approximate surface area is 54.2 Å². The van der Waals surface area contributed by atoms with Gasteiger partial charge < -0.3 is 0 Å². The molecule has 0 saturated heterocycles. The van der Waals surface area contributed by atoms with Crippen molar-refractivity contribution < 1.29 is 31.9 Å². The third kappa shape index (κ3) is 8.87. The van der Waals surface area contributed by atoms with Gasteiger partial charge in [-0.25, -0.2) is 0 Å². The molecule has 0 heterocycles. The van der Waals surface area contributed by atoms with Crippen LogP contribution < -0.4 is 0 Å². The summed E-state index contributed by atoms with van der Waals surface area (Å²) in [5.74, 6) is 0. The summed E-state index contributed by atoms with van der Waals surface area (Å²) in [4.78, 5) is 8.82. The normalized spacial score (nSPS) is 5.50. The van der Waals surface area contributed by atoms with E-state index in [0.29, 0.717) is 0 Å². The maximum absolute atomic E-state index is 8.82. The number of halogens is 1. The molecule has 0 unspecified atom stereocenters. The average molecular weight is 294 g/mol. The van der Waals surface area contributed by atoms with Gasteiger partial charge in [0.25, 0.3) is 0 Å². The zero-order valence-corrected chi connectivity index (χ0v) is 5.27. The molecule has 0 aliphatic rings. The molecule has 0 atom stereocenters. The molecular formula is AuClNO3. The minimum absolute atomic E-state index is 0. The molecule has 0 aromatic carbocycles. The zero-order valence-electron chi connectivity index (χ0n) is 2.35. The Bertz CT molecular complexity index is 46.1. The first kappa shape index (κ1) is 9.52. The Hall–Kier alpha value is 0.230. The largest absolute Gasteiger partial charge is 0.311 e. The van der Waals surface area contributed by atoms with Crippen LogP contribution in [0.5, 0.6) is 0 Å². The number of hydrogen-bond donors (Lipinski definition) is 0. The second kappa shape index (κ2) is 5.23. The van der Waals surface area contributed by atoms with Crippen LogP contribution in [0.15, 0.2) is 0 Å². The quantitative estimate of drug-likeness (QED) is 0.398. The predicted molar refractivity (Wildman–Crippen MR) is 13.9 cm³/mol. The van der Waals surface area contributed by atoms with Gasteiger partial charge in [0.05, 0.1) is 0 Å². The number of rotatable bonds is 1. The third-order valence-corrected chi connectivity index (χ3v) is 0.169. The second-order valence-corrected chi connectivity index (χ2v) is 0.431. The maximum atomic E-state index is 8.82. The molecule has 1 radical (unpaired) electrons. The number of hydrogen-bond acceptors (Lipinski definition) is 3. The van der Waals surface area contributed by atoms with Gasteiger partial charge in [-0.05, 0) is 0 Å². The van der Waals surface area contributed by atoms with Crippen molar-refractivity contribution in [3.63, 3.8) is 0 Å². The monoisotopic (exact) mass is 294 g/mol. The summed E-state index contributed by atoms with van der Waals surface area (Å²) in [6.45, 7) is 0. The third-order valence-electron chi connectivity index (χ3n) is 0.0563. The molecule has 0 aliphatic heterocycles. The van der Waals surface area contributed by atoms with Crippen molar-refractivity contribution in [2.75, 3.05) is 0 Å². The van der Waals surface area contributed by atoms with Crippen LogP contribution in [0, 0.1) is 10.1 Å². The SMILES string of the molecule is O=[N+]([O-])OCl.[Au]. The molecule has 41 valence electrons. The molecule has 6 heteroatoms. The second-order valence-electron chi connectivity index (χ2n) is 0.293. The van der Waals surface area contributed by atoms with Gasteiger partial charge in [0, 0.05) is 22.4 Å². The Kier molecular flexibility index (Phi) is 8.30. The van der Waals surface area contributed by atoms with Crippen LogP contribution in [0.3, 0.4) is 0 Å². The topological polar surface area (TPSA) is 52.4 Å². The van der Waals surface area contributed by atoms with Crippen molar-refractivity contribution in [2.24, 2.45) is 0 Å². The molecular weight excluding hydrogens is 294 g/mol. The first-order chi connectivity index (χ1) is 2.27. The smallest absolute Gasteiger partial charge is 0.199 e. The first-order valence-corrected chi connectivity index (χ1v) is 1.01. The van der Waals surface area contributed by atoms with Crippen molar-refractivity contribution in [1.29, 1.82) is 0 Å². The summed E-state index contributed by atoms with van der Waals surface area (Å²) < 4.78 is 2.94. The van der Waals surface area contributed by atoms with E-state index in [1.807, 2.05) is 0 Å². The van der Waals surface area contributed by atoms with Crippen LogP contribution in [0.25, 0.3) is 0 Å². The summed E-state index contributed by atoms with van der Waals surface area (Å²) in [6, 6.07) is 0. The van der Waals surface area contributed by atoms with E-state index in [-0.39, 0.29) is 22.4 Å². The van der Waals surface area contributed by atoms with Crippen molar-refractivity contribution in [2.45, 2.75) is 0 Å². The minimum Gasteiger partial charge on any atom is -0.199 e.